The van der Waals surface area contributed by atoms with Crippen molar-refractivity contribution in [3.63, 3.8) is 0 Å². The van der Waals surface area contributed by atoms with Gasteiger partial charge in [-0.25, -0.2) is 0 Å². The first kappa shape index (κ1) is 23.6. The zero-order chi connectivity index (χ0) is 22.4. The first-order chi connectivity index (χ1) is 14.6. The van der Waals surface area contributed by atoms with Gasteiger partial charge in [0.1, 0.15) is 6.10 Å². The van der Waals surface area contributed by atoms with Crippen molar-refractivity contribution in [3.05, 3.63) is 0 Å². The predicted molar refractivity (Wildman–Crippen MR) is 129 cm³/mol. The summed E-state index contributed by atoms with van der Waals surface area (Å²) in [6.07, 6.45) is 16.6. The van der Waals surface area contributed by atoms with E-state index in [9.17, 15) is 4.79 Å². The zero-order valence-electron chi connectivity index (χ0n) is 21.4. The molecule has 4 saturated carbocycles. The fourth-order valence-electron chi connectivity index (χ4n) is 9.59. The van der Waals surface area contributed by atoms with Crippen LogP contribution in [-0.2, 0) is 9.53 Å². The van der Waals surface area contributed by atoms with Crippen LogP contribution < -0.4 is 0 Å². The van der Waals surface area contributed by atoms with E-state index in [4.69, 9.17) is 4.74 Å². The highest BCUT2D eigenvalue weighted by Gasteiger charge is 2.60. The summed E-state index contributed by atoms with van der Waals surface area (Å²) in [7, 11) is 0. The van der Waals surface area contributed by atoms with E-state index in [2.05, 4.69) is 34.6 Å². The smallest absolute Gasteiger partial charge is 0.302 e. The summed E-state index contributed by atoms with van der Waals surface area (Å²) in [6, 6.07) is 0. The molecule has 31 heavy (non-hydrogen) atoms. The molecule has 4 aliphatic carbocycles. The summed E-state index contributed by atoms with van der Waals surface area (Å²) in [5, 5.41) is 0. The molecular formula is C29H50O2. The number of hydrogen-bond donors (Lipinski definition) is 0. The lowest BCUT2D eigenvalue weighted by Crippen LogP contribution is -2.54. The Bertz CT molecular complexity index is 641. The van der Waals surface area contributed by atoms with Crippen LogP contribution in [-0.4, -0.2) is 12.1 Å². The third kappa shape index (κ3) is 4.35. The predicted octanol–water partition coefficient (Wildman–Crippen LogP) is 8.04. The molecule has 4 aliphatic rings. The number of esters is 1. The van der Waals surface area contributed by atoms with Gasteiger partial charge in [0.2, 0.25) is 0 Å². The molecule has 0 heterocycles. The molecule has 0 aromatic carbocycles. The number of carbonyl (C=O) groups excluding carboxylic acids is 1. The number of hydrogen-bond acceptors (Lipinski definition) is 2. The third-order valence-corrected chi connectivity index (χ3v) is 11.2. The summed E-state index contributed by atoms with van der Waals surface area (Å²) in [6.45, 7) is 14.2. The summed E-state index contributed by atoms with van der Waals surface area (Å²) >= 11 is 0. The molecule has 2 nitrogen and oxygen atoms in total. The molecule has 4 fully saturated rings. The van der Waals surface area contributed by atoms with Crippen molar-refractivity contribution >= 4 is 5.97 Å². The number of ether oxygens (including phenoxy) is 1. The van der Waals surface area contributed by atoms with E-state index in [0.717, 1.165) is 54.3 Å². The zero-order valence-corrected chi connectivity index (χ0v) is 21.4. The van der Waals surface area contributed by atoms with Crippen LogP contribution in [0.5, 0.6) is 0 Å². The molecule has 0 amide bonds. The maximum atomic E-state index is 11.5. The van der Waals surface area contributed by atoms with Gasteiger partial charge in [0.15, 0.2) is 0 Å². The van der Waals surface area contributed by atoms with Gasteiger partial charge in [0, 0.05) is 6.92 Å². The van der Waals surface area contributed by atoms with Crippen LogP contribution in [0, 0.1) is 52.3 Å². The lowest BCUT2D eigenvalue weighted by Gasteiger charge is -2.61. The standard InChI is InChI=1S/C29H50O2/c1-19(2)8-7-9-20(3)25-12-13-26-24-11-10-22-18-23(31-21(4)30)14-16-28(22,5)27(24)15-17-29(25,26)6/h19-20,22-27H,7-18H2,1-6H3/t20-,22-,23-,24+,25-,26+,27+,28+,29-/m1/s1. The maximum absolute atomic E-state index is 11.5. The van der Waals surface area contributed by atoms with Crippen molar-refractivity contribution in [1.82, 2.24) is 0 Å². The molecule has 0 aromatic heterocycles. The van der Waals surface area contributed by atoms with E-state index in [-0.39, 0.29) is 12.1 Å². The number of rotatable bonds is 6. The quantitative estimate of drug-likeness (QED) is 0.398. The van der Waals surface area contributed by atoms with Crippen molar-refractivity contribution in [2.45, 2.75) is 125 Å². The van der Waals surface area contributed by atoms with Gasteiger partial charge in [0.05, 0.1) is 0 Å². The molecule has 0 aromatic rings. The average molecular weight is 431 g/mol. The second-order valence-corrected chi connectivity index (χ2v) is 13.2. The van der Waals surface area contributed by atoms with Gasteiger partial charge in [-0.05, 0) is 110 Å². The Kier molecular flexibility index (Phi) is 6.87. The molecule has 0 saturated heterocycles. The van der Waals surface area contributed by atoms with Crippen molar-refractivity contribution in [1.29, 1.82) is 0 Å². The van der Waals surface area contributed by atoms with Crippen LogP contribution in [0.1, 0.15) is 119 Å². The van der Waals surface area contributed by atoms with Gasteiger partial charge in [0.25, 0.3) is 0 Å². The van der Waals surface area contributed by atoms with Crippen LogP contribution in [0.2, 0.25) is 0 Å². The van der Waals surface area contributed by atoms with E-state index < -0.39 is 0 Å². The summed E-state index contributed by atoms with van der Waals surface area (Å²) in [5.41, 5.74) is 1.08. The molecule has 0 aliphatic heterocycles. The number of carbonyl (C=O) groups is 1. The minimum absolute atomic E-state index is 0.0877. The first-order valence-corrected chi connectivity index (χ1v) is 13.8. The Labute approximate surface area is 192 Å². The minimum Gasteiger partial charge on any atom is -0.463 e. The average Bonchev–Trinajstić information content (AvgIpc) is 3.05. The van der Waals surface area contributed by atoms with Gasteiger partial charge in [-0.1, -0.05) is 53.9 Å². The van der Waals surface area contributed by atoms with E-state index in [1.165, 1.54) is 64.2 Å². The highest BCUT2D eigenvalue weighted by Crippen LogP contribution is 2.68. The molecule has 2 heteroatoms. The van der Waals surface area contributed by atoms with Crippen molar-refractivity contribution < 1.29 is 9.53 Å². The lowest BCUT2D eigenvalue weighted by atomic mass is 9.44. The topological polar surface area (TPSA) is 26.3 Å². The van der Waals surface area contributed by atoms with Crippen LogP contribution in [0.25, 0.3) is 0 Å². The maximum Gasteiger partial charge on any atom is 0.302 e. The molecule has 0 N–H and O–H groups in total. The van der Waals surface area contributed by atoms with Gasteiger partial charge < -0.3 is 4.74 Å². The monoisotopic (exact) mass is 430 g/mol. The Hall–Kier alpha value is -0.530. The van der Waals surface area contributed by atoms with E-state index >= 15 is 0 Å². The van der Waals surface area contributed by atoms with Crippen molar-refractivity contribution in [2.75, 3.05) is 0 Å². The Morgan fingerprint density at radius 1 is 0.903 bits per heavy atom. The van der Waals surface area contributed by atoms with Crippen molar-refractivity contribution in [2.24, 2.45) is 52.3 Å². The summed E-state index contributed by atoms with van der Waals surface area (Å²) in [5.74, 6) is 6.22. The van der Waals surface area contributed by atoms with Crippen molar-refractivity contribution in [3.8, 4) is 0 Å². The summed E-state index contributed by atoms with van der Waals surface area (Å²) < 4.78 is 5.65. The molecule has 0 bridgehead atoms. The second-order valence-electron chi connectivity index (χ2n) is 13.2. The molecule has 0 radical (unpaired) electrons. The molecule has 4 rings (SSSR count). The highest BCUT2D eigenvalue weighted by atomic mass is 16.5. The van der Waals surface area contributed by atoms with Crippen LogP contribution in [0.4, 0.5) is 0 Å². The molecule has 178 valence electrons. The van der Waals surface area contributed by atoms with Crippen LogP contribution in [0.3, 0.4) is 0 Å². The molecule has 9 atom stereocenters. The van der Waals surface area contributed by atoms with Gasteiger partial charge in [-0.2, -0.15) is 0 Å². The molecule has 0 unspecified atom stereocenters. The fraction of sp³-hybridized carbons (Fsp3) is 0.966. The molecular weight excluding hydrogens is 380 g/mol. The van der Waals surface area contributed by atoms with Gasteiger partial charge in [-0.3, -0.25) is 4.79 Å². The highest BCUT2D eigenvalue weighted by molar-refractivity contribution is 5.66. The normalized spacial score (nSPS) is 45.5. The Balaban J connectivity index is 1.43. The Morgan fingerprint density at radius 3 is 2.32 bits per heavy atom. The minimum atomic E-state index is -0.0877. The molecule has 0 spiro atoms. The van der Waals surface area contributed by atoms with Crippen LogP contribution >= 0.6 is 0 Å². The van der Waals surface area contributed by atoms with E-state index in [0.29, 0.717) is 10.8 Å². The first-order valence-electron chi connectivity index (χ1n) is 13.8. The summed E-state index contributed by atoms with van der Waals surface area (Å²) in [4.78, 5) is 11.5. The SMILES string of the molecule is CC(=O)O[C@@H]1CC[C@@]2(C)[C@H](CC[C@@H]3[C@@H]2CC[C@]2(C)[C@@H]([C@H](C)CCCC(C)C)CC[C@@H]32)C1. The fourth-order valence-corrected chi connectivity index (χ4v) is 9.59. The third-order valence-electron chi connectivity index (χ3n) is 11.2. The van der Waals surface area contributed by atoms with E-state index in [1.54, 1.807) is 6.92 Å². The van der Waals surface area contributed by atoms with Gasteiger partial charge >= 0.3 is 5.97 Å². The second kappa shape index (κ2) is 9.02. The van der Waals surface area contributed by atoms with Crippen LogP contribution in [0.15, 0.2) is 0 Å². The Morgan fingerprint density at radius 2 is 1.61 bits per heavy atom. The number of fused-ring (bicyclic) bond motifs is 5. The largest absolute Gasteiger partial charge is 0.463 e. The van der Waals surface area contributed by atoms with E-state index in [1.807, 2.05) is 0 Å². The van der Waals surface area contributed by atoms with Gasteiger partial charge in [-0.15, -0.1) is 0 Å². The lowest BCUT2D eigenvalue weighted by molar-refractivity contribution is -0.160.